The Hall–Kier alpha value is -2.08. The molecule has 1 amide bonds. The van der Waals surface area contributed by atoms with Crippen LogP contribution in [0.15, 0.2) is 24.3 Å². The van der Waals surface area contributed by atoms with E-state index in [1.807, 2.05) is 0 Å². The fourth-order valence-electron chi connectivity index (χ4n) is 1.47. The lowest BCUT2D eigenvalue weighted by Crippen LogP contribution is -2.41. The highest BCUT2D eigenvalue weighted by molar-refractivity contribution is 7.87. The number of nitrogens with zero attached hydrogens (tertiary/aromatic N) is 1. The lowest BCUT2D eigenvalue weighted by atomic mass is 10.1. The Morgan fingerprint density at radius 2 is 2.19 bits per heavy atom. The second kappa shape index (κ2) is 7.64. The average Bonchev–Trinajstić information content (AvgIpc) is 2.44. The number of methoxy groups -OCH3 is 1. The molecule has 114 valence electrons. The normalized spacial score (nSPS) is 10.7. The quantitative estimate of drug-likeness (QED) is 0.764. The minimum Gasteiger partial charge on any atom is -0.452 e. The van der Waals surface area contributed by atoms with Crippen LogP contribution in [0.25, 0.3) is 0 Å². The molecule has 1 aromatic rings. The summed E-state index contributed by atoms with van der Waals surface area (Å²) in [5.41, 5.74) is 6.77. The summed E-state index contributed by atoms with van der Waals surface area (Å²) in [5.74, 6) is 5.59. The molecule has 1 aromatic carbocycles. The fraction of sp³-hybridized carbons (Fsp3) is 0.308. The van der Waals surface area contributed by atoms with E-state index in [1.165, 1.54) is 7.05 Å². The number of nitrogens with one attached hydrogen (secondary N) is 1. The minimum atomic E-state index is -3.95. The summed E-state index contributed by atoms with van der Waals surface area (Å²) in [6, 6.07) is 7.09. The Bertz CT molecular complexity index is 661. The van der Waals surface area contributed by atoms with Crippen molar-refractivity contribution in [1.82, 2.24) is 9.03 Å². The van der Waals surface area contributed by atoms with E-state index in [9.17, 15) is 13.2 Å². The van der Waals surface area contributed by atoms with Crippen molar-refractivity contribution >= 4 is 16.3 Å². The number of amides is 1. The highest BCUT2D eigenvalue weighted by Crippen LogP contribution is 2.09. The summed E-state index contributed by atoms with van der Waals surface area (Å²) >= 11 is 0. The van der Waals surface area contributed by atoms with Gasteiger partial charge in [-0.25, -0.2) is 9.52 Å². The van der Waals surface area contributed by atoms with Crippen LogP contribution in [0.5, 0.6) is 0 Å². The highest BCUT2D eigenvalue weighted by Gasteiger charge is 2.20. The molecule has 0 spiro atoms. The third kappa shape index (κ3) is 5.43. The molecule has 8 heteroatoms. The van der Waals surface area contributed by atoms with Gasteiger partial charge in [0.1, 0.15) is 0 Å². The molecule has 0 heterocycles. The van der Waals surface area contributed by atoms with Crippen LogP contribution in [-0.4, -0.2) is 39.5 Å². The number of benzene rings is 1. The number of rotatable bonds is 4. The topological polar surface area (TPSA) is 102 Å². The summed E-state index contributed by atoms with van der Waals surface area (Å²) in [6.07, 6.45) is -1.04. The first-order valence-electron chi connectivity index (χ1n) is 5.99. The predicted octanol–water partition coefficient (Wildman–Crippen LogP) is 0.0294. The van der Waals surface area contributed by atoms with Gasteiger partial charge in [-0.1, -0.05) is 24.0 Å². The van der Waals surface area contributed by atoms with Gasteiger partial charge in [-0.15, -0.1) is 0 Å². The molecule has 1 rings (SSSR count). The molecule has 0 saturated carbocycles. The van der Waals surface area contributed by atoms with E-state index in [2.05, 4.69) is 16.6 Å². The first-order chi connectivity index (χ1) is 9.89. The molecule has 0 saturated heterocycles. The van der Waals surface area contributed by atoms with Crippen LogP contribution in [0.1, 0.15) is 11.1 Å². The zero-order chi connectivity index (χ0) is 15.9. The molecular weight excluding hydrogens is 294 g/mol. The van der Waals surface area contributed by atoms with E-state index in [1.54, 1.807) is 29.0 Å². The third-order valence-corrected chi connectivity index (χ3v) is 3.85. The largest absolute Gasteiger partial charge is 0.452 e. The standard InChI is InChI=1S/C13H17N3O4S/c1-16(21(18,19)15-13(17)20-2)10-12-6-3-5-11(9-12)7-4-8-14/h3,5-6,9H,8,10,14H2,1-2H3,(H,15,17). The van der Waals surface area contributed by atoms with Gasteiger partial charge in [0, 0.05) is 19.2 Å². The molecule has 0 aromatic heterocycles. The monoisotopic (exact) mass is 311 g/mol. The molecular formula is C13H17N3O4S. The highest BCUT2D eigenvalue weighted by atomic mass is 32.2. The van der Waals surface area contributed by atoms with Crippen molar-refractivity contribution in [2.75, 3.05) is 20.7 Å². The molecule has 0 bridgehead atoms. The zero-order valence-corrected chi connectivity index (χ0v) is 12.6. The molecule has 7 nitrogen and oxygen atoms in total. The van der Waals surface area contributed by atoms with Crippen LogP contribution < -0.4 is 10.5 Å². The molecule has 0 fully saturated rings. The number of hydrogen-bond donors (Lipinski definition) is 2. The Morgan fingerprint density at radius 1 is 1.48 bits per heavy atom. The minimum absolute atomic E-state index is 0.0878. The Labute approximate surface area is 124 Å². The third-order valence-electron chi connectivity index (χ3n) is 2.48. The summed E-state index contributed by atoms with van der Waals surface area (Å²) in [7, 11) is -1.51. The predicted molar refractivity (Wildman–Crippen MR) is 78.3 cm³/mol. The molecule has 0 atom stereocenters. The summed E-state index contributed by atoms with van der Waals surface area (Å²) in [5, 5.41) is 0. The van der Waals surface area contributed by atoms with E-state index >= 15 is 0 Å². The van der Waals surface area contributed by atoms with Crippen molar-refractivity contribution in [3.8, 4) is 11.8 Å². The zero-order valence-electron chi connectivity index (χ0n) is 11.8. The number of hydrogen-bond acceptors (Lipinski definition) is 5. The molecule has 0 aliphatic heterocycles. The van der Waals surface area contributed by atoms with Crippen LogP contribution in [0.4, 0.5) is 4.79 Å². The van der Waals surface area contributed by atoms with E-state index in [-0.39, 0.29) is 13.1 Å². The van der Waals surface area contributed by atoms with Gasteiger partial charge < -0.3 is 10.5 Å². The molecule has 21 heavy (non-hydrogen) atoms. The summed E-state index contributed by atoms with van der Waals surface area (Å²) in [6.45, 7) is 0.339. The number of carbonyl (C=O) groups excluding carboxylic acids is 1. The van der Waals surface area contributed by atoms with Gasteiger partial charge in [-0.2, -0.15) is 12.7 Å². The number of nitrogens with two attached hydrogens (primary N) is 1. The van der Waals surface area contributed by atoms with Gasteiger partial charge in [0.15, 0.2) is 0 Å². The van der Waals surface area contributed by atoms with E-state index in [0.717, 1.165) is 22.5 Å². The maximum absolute atomic E-state index is 11.8. The SMILES string of the molecule is COC(=O)NS(=O)(=O)N(C)Cc1cccc(C#CCN)c1. The van der Waals surface area contributed by atoms with Crippen molar-refractivity contribution in [3.63, 3.8) is 0 Å². The lowest BCUT2D eigenvalue weighted by molar-refractivity contribution is 0.177. The van der Waals surface area contributed by atoms with Crippen LogP contribution in [0, 0.1) is 11.8 Å². The molecule has 0 aliphatic carbocycles. The lowest BCUT2D eigenvalue weighted by Gasteiger charge is -2.17. The van der Waals surface area contributed by atoms with Crippen molar-refractivity contribution in [2.45, 2.75) is 6.54 Å². The second-order valence-electron chi connectivity index (χ2n) is 4.06. The van der Waals surface area contributed by atoms with Crippen LogP contribution >= 0.6 is 0 Å². The smallest absolute Gasteiger partial charge is 0.421 e. The average molecular weight is 311 g/mol. The van der Waals surface area contributed by atoms with Gasteiger partial charge in [0.05, 0.1) is 13.7 Å². The molecule has 0 unspecified atom stereocenters. The number of carbonyl (C=O) groups is 1. The van der Waals surface area contributed by atoms with E-state index < -0.39 is 16.3 Å². The molecule has 0 aliphatic rings. The van der Waals surface area contributed by atoms with Gasteiger partial charge in [-0.3, -0.25) is 0 Å². The van der Waals surface area contributed by atoms with Crippen LogP contribution in [-0.2, 0) is 21.5 Å². The second-order valence-corrected chi connectivity index (χ2v) is 5.84. The van der Waals surface area contributed by atoms with Gasteiger partial charge in [0.25, 0.3) is 0 Å². The van der Waals surface area contributed by atoms with Gasteiger partial charge >= 0.3 is 16.3 Å². The van der Waals surface area contributed by atoms with Crippen LogP contribution in [0.3, 0.4) is 0 Å². The molecule has 0 radical (unpaired) electrons. The number of ether oxygens (including phenoxy) is 1. The maximum Gasteiger partial charge on any atom is 0.421 e. The van der Waals surface area contributed by atoms with Crippen molar-refractivity contribution in [1.29, 1.82) is 0 Å². The Morgan fingerprint density at radius 3 is 2.81 bits per heavy atom. The Balaban J connectivity index is 2.83. The summed E-state index contributed by atoms with van der Waals surface area (Å²) in [4.78, 5) is 11.0. The fourth-order valence-corrected chi connectivity index (χ4v) is 2.24. The van der Waals surface area contributed by atoms with Crippen molar-refractivity contribution in [3.05, 3.63) is 35.4 Å². The van der Waals surface area contributed by atoms with Gasteiger partial charge in [0.2, 0.25) is 0 Å². The van der Waals surface area contributed by atoms with Crippen LogP contribution in [0.2, 0.25) is 0 Å². The molecule has 3 N–H and O–H groups in total. The van der Waals surface area contributed by atoms with E-state index in [0.29, 0.717) is 0 Å². The summed E-state index contributed by atoms with van der Waals surface area (Å²) < 4.78 is 30.7. The van der Waals surface area contributed by atoms with Gasteiger partial charge in [-0.05, 0) is 17.7 Å². The van der Waals surface area contributed by atoms with Crippen molar-refractivity contribution in [2.24, 2.45) is 5.73 Å². The maximum atomic E-state index is 11.8. The first kappa shape index (κ1) is 17.0. The van der Waals surface area contributed by atoms with Crippen molar-refractivity contribution < 1.29 is 17.9 Å². The first-order valence-corrected chi connectivity index (χ1v) is 7.43. The Kier molecular flexibility index (Phi) is 6.17. The van der Waals surface area contributed by atoms with E-state index in [4.69, 9.17) is 5.73 Å².